The molecule has 1 rings (SSSR count). The largest absolute Gasteiger partial charge is 0.313 e. The van der Waals surface area contributed by atoms with Crippen LogP contribution in [0.2, 0.25) is 0 Å². The highest BCUT2D eigenvalue weighted by Gasteiger charge is 1.93. The SMILES string of the molecule is CCc1ccc(CNCCCCCI)cc1. The minimum Gasteiger partial charge on any atom is -0.313 e. The summed E-state index contributed by atoms with van der Waals surface area (Å²) in [5.41, 5.74) is 2.82. The van der Waals surface area contributed by atoms with Crippen LogP contribution in [0.4, 0.5) is 0 Å². The molecule has 0 aliphatic heterocycles. The van der Waals surface area contributed by atoms with Crippen molar-refractivity contribution in [2.24, 2.45) is 0 Å². The summed E-state index contributed by atoms with van der Waals surface area (Å²) in [5.74, 6) is 0. The van der Waals surface area contributed by atoms with Crippen LogP contribution in [0.25, 0.3) is 0 Å². The molecule has 0 radical (unpaired) electrons. The van der Waals surface area contributed by atoms with Crippen LogP contribution in [0.5, 0.6) is 0 Å². The van der Waals surface area contributed by atoms with Crippen molar-refractivity contribution in [3.8, 4) is 0 Å². The smallest absolute Gasteiger partial charge is 0.0205 e. The highest BCUT2D eigenvalue weighted by molar-refractivity contribution is 14.1. The first kappa shape index (κ1) is 14.0. The average Bonchev–Trinajstić information content (AvgIpc) is 2.34. The molecule has 0 fully saturated rings. The van der Waals surface area contributed by atoms with Gasteiger partial charge in [0.1, 0.15) is 0 Å². The van der Waals surface area contributed by atoms with Crippen molar-refractivity contribution in [1.82, 2.24) is 5.32 Å². The molecule has 1 aromatic rings. The van der Waals surface area contributed by atoms with Gasteiger partial charge in [-0.1, -0.05) is 60.2 Å². The average molecular weight is 331 g/mol. The first-order chi connectivity index (χ1) is 7.86. The second kappa shape index (κ2) is 8.99. The van der Waals surface area contributed by atoms with Gasteiger partial charge in [0.05, 0.1) is 0 Å². The van der Waals surface area contributed by atoms with Gasteiger partial charge in [-0.05, 0) is 41.4 Å². The van der Waals surface area contributed by atoms with Crippen molar-refractivity contribution in [1.29, 1.82) is 0 Å². The molecule has 0 aromatic heterocycles. The van der Waals surface area contributed by atoms with E-state index >= 15 is 0 Å². The van der Waals surface area contributed by atoms with Gasteiger partial charge < -0.3 is 5.32 Å². The van der Waals surface area contributed by atoms with Gasteiger partial charge in [-0.15, -0.1) is 0 Å². The van der Waals surface area contributed by atoms with E-state index in [1.54, 1.807) is 0 Å². The van der Waals surface area contributed by atoms with Gasteiger partial charge in [0, 0.05) is 6.54 Å². The maximum Gasteiger partial charge on any atom is 0.0205 e. The predicted octanol–water partition coefficient (Wildman–Crippen LogP) is 3.94. The lowest BCUT2D eigenvalue weighted by Crippen LogP contribution is -2.14. The molecule has 0 saturated carbocycles. The zero-order valence-corrected chi connectivity index (χ0v) is 12.3. The first-order valence-corrected chi connectivity index (χ1v) is 7.74. The predicted molar refractivity (Wildman–Crippen MR) is 80.3 cm³/mol. The zero-order chi connectivity index (χ0) is 11.6. The van der Waals surface area contributed by atoms with E-state index in [1.165, 1.54) is 34.8 Å². The fraction of sp³-hybridized carbons (Fsp3) is 0.571. The molecule has 0 aliphatic rings. The number of unbranched alkanes of at least 4 members (excludes halogenated alkanes) is 2. The van der Waals surface area contributed by atoms with Crippen LogP contribution < -0.4 is 5.32 Å². The van der Waals surface area contributed by atoms with Gasteiger partial charge in [0.15, 0.2) is 0 Å². The van der Waals surface area contributed by atoms with E-state index < -0.39 is 0 Å². The molecule has 0 aliphatic carbocycles. The highest BCUT2D eigenvalue weighted by atomic mass is 127. The maximum atomic E-state index is 3.50. The number of rotatable bonds is 8. The lowest BCUT2D eigenvalue weighted by Gasteiger charge is -2.05. The third-order valence-electron chi connectivity index (χ3n) is 2.75. The normalized spacial score (nSPS) is 10.6. The Morgan fingerprint density at radius 1 is 1.00 bits per heavy atom. The van der Waals surface area contributed by atoms with E-state index in [0.29, 0.717) is 0 Å². The molecule has 0 amide bonds. The molecule has 2 heteroatoms. The van der Waals surface area contributed by atoms with Crippen LogP contribution in [0.1, 0.15) is 37.3 Å². The van der Waals surface area contributed by atoms with Crippen molar-refractivity contribution in [3.05, 3.63) is 35.4 Å². The molecule has 0 unspecified atom stereocenters. The van der Waals surface area contributed by atoms with Gasteiger partial charge in [-0.2, -0.15) is 0 Å². The molecular weight excluding hydrogens is 309 g/mol. The Bertz CT molecular complexity index is 269. The Hall–Kier alpha value is -0.0900. The summed E-state index contributed by atoms with van der Waals surface area (Å²) in [6.45, 7) is 4.35. The van der Waals surface area contributed by atoms with Gasteiger partial charge in [0.2, 0.25) is 0 Å². The number of nitrogens with one attached hydrogen (secondary N) is 1. The lowest BCUT2D eigenvalue weighted by molar-refractivity contribution is 0.620. The summed E-state index contributed by atoms with van der Waals surface area (Å²) in [5, 5.41) is 3.50. The number of alkyl halides is 1. The molecule has 90 valence electrons. The number of benzene rings is 1. The molecule has 0 atom stereocenters. The van der Waals surface area contributed by atoms with Crippen LogP contribution >= 0.6 is 22.6 Å². The zero-order valence-electron chi connectivity index (χ0n) is 10.1. The number of halogens is 1. The standard InChI is InChI=1S/C14H22IN/c1-2-13-6-8-14(9-7-13)12-16-11-5-3-4-10-15/h6-9,16H,2-5,10-12H2,1H3. The van der Waals surface area contributed by atoms with E-state index in [2.05, 4.69) is 59.1 Å². The van der Waals surface area contributed by atoms with Gasteiger partial charge in [0.25, 0.3) is 0 Å². The first-order valence-electron chi connectivity index (χ1n) is 6.21. The van der Waals surface area contributed by atoms with E-state index in [4.69, 9.17) is 0 Å². The molecule has 0 saturated heterocycles. The fourth-order valence-corrected chi connectivity index (χ4v) is 2.19. The highest BCUT2D eigenvalue weighted by Crippen LogP contribution is 2.05. The Morgan fingerprint density at radius 2 is 1.69 bits per heavy atom. The maximum absolute atomic E-state index is 3.50. The minimum absolute atomic E-state index is 1.01. The molecule has 1 N–H and O–H groups in total. The summed E-state index contributed by atoms with van der Waals surface area (Å²) in [6, 6.07) is 8.92. The van der Waals surface area contributed by atoms with Crippen LogP contribution in [0, 0.1) is 0 Å². The Balaban J connectivity index is 2.12. The van der Waals surface area contributed by atoms with E-state index in [0.717, 1.165) is 19.5 Å². The number of hydrogen-bond donors (Lipinski definition) is 1. The van der Waals surface area contributed by atoms with Crippen molar-refractivity contribution in [3.63, 3.8) is 0 Å². The molecule has 16 heavy (non-hydrogen) atoms. The van der Waals surface area contributed by atoms with Gasteiger partial charge >= 0.3 is 0 Å². The van der Waals surface area contributed by atoms with Crippen molar-refractivity contribution >= 4 is 22.6 Å². The van der Waals surface area contributed by atoms with Crippen molar-refractivity contribution < 1.29 is 0 Å². The molecule has 0 bridgehead atoms. The molecule has 0 spiro atoms. The van der Waals surface area contributed by atoms with Crippen LogP contribution in [-0.4, -0.2) is 11.0 Å². The van der Waals surface area contributed by atoms with Crippen LogP contribution in [-0.2, 0) is 13.0 Å². The minimum atomic E-state index is 1.01. The van der Waals surface area contributed by atoms with Crippen molar-refractivity contribution in [2.45, 2.75) is 39.2 Å². The van der Waals surface area contributed by atoms with Crippen molar-refractivity contribution in [2.75, 3.05) is 11.0 Å². The number of hydrogen-bond acceptors (Lipinski definition) is 1. The lowest BCUT2D eigenvalue weighted by atomic mass is 10.1. The van der Waals surface area contributed by atoms with E-state index in [1.807, 2.05) is 0 Å². The summed E-state index contributed by atoms with van der Waals surface area (Å²) in [4.78, 5) is 0. The molecular formula is C14H22IN. The third-order valence-corrected chi connectivity index (χ3v) is 3.51. The monoisotopic (exact) mass is 331 g/mol. The van der Waals surface area contributed by atoms with Crippen LogP contribution in [0.15, 0.2) is 24.3 Å². The Morgan fingerprint density at radius 3 is 2.31 bits per heavy atom. The molecule has 0 heterocycles. The van der Waals surface area contributed by atoms with Gasteiger partial charge in [-0.25, -0.2) is 0 Å². The number of aryl methyl sites for hydroxylation is 1. The summed E-state index contributed by atoms with van der Waals surface area (Å²) in [7, 11) is 0. The second-order valence-electron chi connectivity index (χ2n) is 4.10. The van der Waals surface area contributed by atoms with E-state index in [9.17, 15) is 0 Å². The fourth-order valence-electron chi connectivity index (χ4n) is 1.65. The summed E-state index contributed by atoms with van der Waals surface area (Å²) < 4.78 is 1.29. The quantitative estimate of drug-likeness (QED) is 0.432. The third kappa shape index (κ3) is 5.85. The summed E-state index contributed by atoms with van der Waals surface area (Å²) >= 11 is 2.44. The molecule has 1 aromatic carbocycles. The topological polar surface area (TPSA) is 12.0 Å². The summed E-state index contributed by atoms with van der Waals surface area (Å²) in [6.07, 6.45) is 5.14. The van der Waals surface area contributed by atoms with Gasteiger partial charge in [-0.3, -0.25) is 0 Å². The Kier molecular flexibility index (Phi) is 7.85. The Labute approximate surface area is 113 Å². The molecule has 1 nitrogen and oxygen atoms in total. The van der Waals surface area contributed by atoms with Crippen LogP contribution in [0.3, 0.4) is 0 Å². The van der Waals surface area contributed by atoms with E-state index in [-0.39, 0.29) is 0 Å². The second-order valence-corrected chi connectivity index (χ2v) is 5.18.